The Hall–Kier alpha value is -0.120. The average Bonchev–Trinajstić information content (AvgIpc) is 2.03. The van der Waals surface area contributed by atoms with Crippen LogP contribution >= 0.6 is 0 Å². The van der Waals surface area contributed by atoms with Crippen molar-refractivity contribution in [2.45, 2.75) is 6.42 Å². The second kappa shape index (κ2) is 4.66. The van der Waals surface area contributed by atoms with Crippen LogP contribution in [-0.2, 0) is 0 Å². The van der Waals surface area contributed by atoms with Crippen LogP contribution in [0.1, 0.15) is 6.42 Å². The Kier molecular flexibility index (Phi) is 3.72. The summed E-state index contributed by atoms with van der Waals surface area (Å²) in [6.07, 6.45) is 1.12. The number of nitrogens with zero attached hydrogens (tertiary/aromatic N) is 2. The fourth-order valence-electron chi connectivity index (χ4n) is 1.19. The molecule has 1 aliphatic rings. The van der Waals surface area contributed by atoms with Crippen LogP contribution in [0.2, 0.25) is 0 Å². The van der Waals surface area contributed by atoms with Crippen LogP contribution in [0.25, 0.3) is 0 Å². The van der Waals surface area contributed by atoms with Crippen LogP contribution in [0.15, 0.2) is 0 Å². The summed E-state index contributed by atoms with van der Waals surface area (Å²) in [6, 6.07) is 0. The number of rotatable bonds is 3. The van der Waals surface area contributed by atoms with Crippen molar-refractivity contribution >= 4 is 0 Å². The molecular weight excluding hydrogens is 126 g/mol. The second-order valence-electron chi connectivity index (χ2n) is 2.65. The van der Waals surface area contributed by atoms with Crippen molar-refractivity contribution in [2.75, 3.05) is 39.3 Å². The molecule has 0 saturated carbocycles. The molecule has 0 spiro atoms. The molecule has 1 fully saturated rings. The molecule has 1 saturated heterocycles. The fourth-order valence-corrected chi connectivity index (χ4v) is 1.19. The van der Waals surface area contributed by atoms with Gasteiger partial charge in [0.05, 0.1) is 0 Å². The van der Waals surface area contributed by atoms with Crippen molar-refractivity contribution in [1.82, 2.24) is 10.2 Å². The van der Waals surface area contributed by atoms with Gasteiger partial charge in [0.25, 0.3) is 0 Å². The third-order valence-corrected chi connectivity index (χ3v) is 1.83. The van der Waals surface area contributed by atoms with Gasteiger partial charge in [-0.3, -0.25) is 0 Å². The van der Waals surface area contributed by atoms with Crippen LogP contribution in [0.5, 0.6) is 0 Å². The monoisotopic (exact) mass is 142 g/mol. The minimum Gasteiger partial charge on any atom is -0.330 e. The van der Waals surface area contributed by atoms with Crippen LogP contribution < -0.4 is 11.1 Å². The van der Waals surface area contributed by atoms with Crippen molar-refractivity contribution in [3.05, 3.63) is 0 Å². The van der Waals surface area contributed by atoms with Gasteiger partial charge in [0.15, 0.2) is 0 Å². The van der Waals surface area contributed by atoms with E-state index in [2.05, 4.69) is 10.2 Å². The quantitative estimate of drug-likeness (QED) is 0.564. The summed E-state index contributed by atoms with van der Waals surface area (Å²) in [6.45, 7) is 6.29. The number of nitrogens with two attached hydrogens (primary N) is 1. The maximum absolute atomic E-state index is 5.40. The SMILES string of the molecule is NCCCN1CC[N]CC1. The lowest BCUT2D eigenvalue weighted by atomic mass is 10.3. The lowest BCUT2D eigenvalue weighted by Gasteiger charge is -2.25. The molecule has 1 heterocycles. The third-order valence-electron chi connectivity index (χ3n) is 1.83. The maximum atomic E-state index is 5.40. The summed E-state index contributed by atoms with van der Waals surface area (Å²) in [5.74, 6) is 0. The molecule has 1 rings (SSSR count). The molecular formula is C7H16N3. The smallest absolute Gasteiger partial charge is 0.0261 e. The van der Waals surface area contributed by atoms with Gasteiger partial charge in [-0.15, -0.1) is 0 Å². The van der Waals surface area contributed by atoms with Gasteiger partial charge >= 0.3 is 0 Å². The Bertz CT molecular complexity index is 78.9. The predicted molar refractivity (Wildman–Crippen MR) is 42.0 cm³/mol. The van der Waals surface area contributed by atoms with Gasteiger partial charge in [-0.1, -0.05) is 0 Å². The number of piperazine rings is 1. The maximum Gasteiger partial charge on any atom is 0.0261 e. The zero-order valence-corrected chi connectivity index (χ0v) is 6.42. The van der Waals surface area contributed by atoms with E-state index in [4.69, 9.17) is 5.73 Å². The standard InChI is InChI=1S/C7H16N3/c8-2-1-5-10-6-3-9-4-7-10/h1-8H2. The minimum atomic E-state index is 0.813. The summed E-state index contributed by atoms with van der Waals surface area (Å²) in [5, 5.41) is 4.26. The molecule has 0 aromatic rings. The van der Waals surface area contributed by atoms with E-state index in [0.717, 1.165) is 45.7 Å². The minimum absolute atomic E-state index is 0.813. The van der Waals surface area contributed by atoms with Crippen molar-refractivity contribution in [1.29, 1.82) is 0 Å². The van der Waals surface area contributed by atoms with E-state index in [1.165, 1.54) is 0 Å². The normalized spacial score (nSPS) is 21.3. The van der Waals surface area contributed by atoms with Crippen LogP contribution in [0.4, 0.5) is 0 Å². The molecule has 0 aromatic heterocycles. The average molecular weight is 142 g/mol. The molecule has 3 heteroatoms. The lowest BCUT2D eigenvalue weighted by molar-refractivity contribution is 0.237. The van der Waals surface area contributed by atoms with Crippen molar-refractivity contribution in [3.63, 3.8) is 0 Å². The highest BCUT2D eigenvalue weighted by Gasteiger charge is 2.07. The first-order valence-electron chi connectivity index (χ1n) is 3.99. The van der Waals surface area contributed by atoms with Gasteiger partial charge in [0.2, 0.25) is 0 Å². The highest BCUT2D eigenvalue weighted by molar-refractivity contribution is 4.66. The van der Waals surface area contributed by atoms with Crippen LogP contribution in [0, 0.1) is 0 Å². The molecule has 1 radical (unpaired) electrons. The van der Waals surface area contributed by atoms with Gasteiger partial charge in [-0.25, -0.2) is 5.32 Å². The summed E-state index contributed by atoms with van der Waals surface area (Å²) < 4.78 is 0. The zero-order chi connectivity index (χ0) is 7.23. The zero-order valence-electron chi connectivity index (χ0n) is 6.42. The van der Waals surface area contributed by atoms with E-state index in [1.54, 1.807) is 0 Å². The van der Waals surface area contributed by atoms with E-state index in [1.807, 2.05) is 0 Å². The van der Waals surface area contributed by atoms with Gasteiger partial charge in [0, 0.05) is 26.2 Å². The van der Waals surface area contributed by atoms with E-state index < -0.39 is 0 Å². The summed E-state index contributed by atoms with van der Waals surface area (Å²) in [7, 11) is 0. The van der Waals surface area contributed by atoms with Gasteiger partial charge in [-0.2, -0.15) is 0 Å². The summed E-state index contributed by atoms with van der Waals surface area (Å²) in [5.41, 5.74) is 5.40. The first kappa shape index (κ1) is 7.98. The molecule has 1 aliphatic heterocycles. The summed E-state index contributed by atoms with van der Waals surface area (Å²) >= 11 is 0. The molecule has 0 aliphatic carbocycles. The van der Waals surface area contributed by atoms with Crippen LogP contribution in [0.3, 0.4) is 0 Å². The Balaban J connectivity index is 2.02. The first-order chi connectivity index (χ1) is 4.93. The first-order valence-corrected chi connectivity index (χ1v) is 3.99. The predicted octanol–water partition coefficient (Wildman–Crippen LogP) is -0.745. The van der Waals surface area contributed by atoms with Gasteiger partial charge < -0.3 is 10.6 Å². The second-order valence-corrected chi connectivity index (χ2v) is 2.65. The molecule has 0 bridgehead atoms. The molecule has 0 amide bonds. The Morgan fingerprint density at radius 2 is 2.00 bits per heavy atom. The van der Waals surface area contributed by atoms with Crippen molar-refractivity contribution < 1.29 is 0 Å². The van der Waals surface area contributed by atoms with Gasteiger partial charge in [-0.05, 0) is 19.5 Å². The Labute approximate surface area is 62.6 Å². The highest BCUT2D eigenvalue weighted by Crippen LogP contribution is 1.93. The third kappa shape index (κ3) is 2.64. The molecule has 3 nitrogen and oxygen atoms in total. The van der Waals surface area contributed by atoms with Crippen LogP contribution in [-0.4, -0.2) is 44.2 Å². The number of hydrogen-bond donors (Lipinski definition) is 1. The topological polar surface area (TPSA) is 43.4 Å². The molecule has 0 atom stereocenters. The number of hydrogen-bond acceptors (Lipinski definition) is 2. The Morgan fingerprint density at radius 1 is 1.30 bits per heavy atom. The van der Waals surface area contributed by atoms with E-state index >= 15 is 0 Å². The fraction of sp³-hybridized carbons (Fsp3) is 1.00. The highest BCUT2D eigenvalue weighted by atomic mass is 15.2. The van der Waals surface area contributed by atoms with Gasteiger partial charge in [0.1, 0.15) is 0 Å². The molecule has 59 valence electrons. The Morgan fingerprint density at radius 3 is 2.60 bits per heavy atom. The summed E-state index contributed by atoms with van der Waals surface area (Å²) in [4.78, 5) is 2.43. The molecule has 0 aromatic carbocycles. The lowest BCUT2D eigenvalue weighted by Crippen LogP contribution is -2.41. The van der Waals surface area contributed by atoms with E-state index in [0.29, 0.717) is 0 Å². The van der Waals surface area contributed by atoms with E-state index in [9.17, 15) is 0 Å². The van der Waals surface area contributed by atoms with Crippen molar-refractivity contribution in [3.8, 4) is 0 Å². The molecule has 0 unspecified atom stereocenters. The van der Waals surface area contributed by atoms with Crippen molar-refractivity contribution in [2.24, 2.45) is 5.73 Å². The molecule has 10 heavy (non-hydrogen) atoms. The van der Waals surface area contributed by atoms with E-state index in [-0.39, 0.29) is 0 Å². The molecule has 2 N–H and O–H groups in total. The largest absolute Gasteiger partial charge is 0.330 e.